The second-order valence-electron chi connectivity index (χ2n) is 6.56. The van der Waals surface area contributed by atoms with Crippen LogP contribution in [0.15, 0.2) is 42.5 Å². The summed E-state index contributed by atoms with van der Waals surface area (Å²) in [6.45, 7) is 0.893. The molecule has 3 unspecified atom stereocenters. The number of ether oxygens (including phenoxy) is 2. The summed E-state index contributed by atoms with van der Waals surface area (Å²) in [6.07, 6.45) is -3.35. The molecule has 2 aromatic carbocycles. The van der Waals surface area contributed by atoms with E-state index < -0.39 is 30.3 Å². The molecule has 0 aromatic heterocycles. The molecule has 0 spiro atoms. The summed E-state index contributed by atoms with van der Waals surface area (Å²) in [5.74, 6) is -2.45. The van der Waals surface area contributed by atoms with Gasteiger partial charge in [0.1, 0.15) is 0 Å². The Balaban J connectivity index is 1.56. The van der Waals surface area contributed by atoms with E-state index in [9.17, 15) is 19.8 Å². The molecular formula is C20H20ClNO7. The van der Waals surface area contributed by atoms with Crippen molar-refractivity contribution in [2.24, 2.45) is 0 Å². The SMILES string of the molecule is O=C(O)C1Oc2ccc(CCNCC(O)c3cccc(Cl)c3)cc2OC1C(=O)O. The molecule has 4 N–H and O–H groups in total. The predicted molar refractivity (Wildman–Crippen MR) is 104 cm³/mol. The average Bonchev–Trinajstić information content (AvgIpc) is 2.69. The zero-order chi connectivity index (χ0) is 21.0. The highest BCUT2D eigenvalue weighted by Crippen LogP contribution is 2.35. The summed E-state index contributed by atoms with van der Waals surface area (Å²) < 4.78 is 10.6. The molecule has 1 aliphatic rings. The molecule has 29 heavy (non-hydrogen) atoms. The maximum Gasteiger partial charge on any atom is 0.349 e. The summed E-state index contributed by atoms with van der Waals surface area (Å²) in [4.78, 5) is 22.5. The lowest BCUT2D eigenvalue weighted by atomic mass is 10.1. The van der Waals surface area contributed by atoms with Crippen molar-refractivity contribution in [3.8, 4) is 11.5 Å². The van der Waals surface area contributed by atoms with Crippen molar-refractivity contribution >= 4 is 23.5 Å². The summed E-state index contributed by atoms with van der Waals surface area (Å²) in [6, 6.07) is 11.9. The molecule has 0 aliphatic carbocycles. The van der Waals surface area contributed by atoms with E-state index >= 15 is 0 Å². The molecule has 3 atom stereocenters. The van der Waals surface area contributed by atoms with Crippen LogP contribution >= 0.6 is 11.6 Å². The Morgan fingerprint density at radius 2 is 1.72 bits per heavy atom. The van der Waals surface area contributed by atoms with E-state index in [1.54, 1.807) is 42.5 Å². The number of benzene rings is 2. The van der Waals surface area contributed by atoms with E-state index in [1.807, 2.05) is 0 Å². The fourth-order valence-electron chi connectivity index (χ4n) is 2.96. The monoisotopic (exact) mass is 421 g/mol. The minimum Gasteiger partial charge on any atom is -0.478 e. The Kier molecular flexibility index (Phi) is 6.58. The Labute approximate surface area is 171 Å². The van der Waals surface area contributed by atoms with E-state index in [0.29, 0.717) is 24.5 Å². The van der Waals surface area contributed by atoms with Gasteiger partial charge in [0.15, 0.2) is 11.5 Å². The molecule has 8 nitrogen and oxygen atoms in total. The van der Waals surface area contributed by atoms with Gasteiger partial charge in [-0.15, -0.1) is 0 Å². The van der Waals surface area contributed by atoms with E-state index in [0.717, 1.165) is 11.1 Å². The van der Waals surface area contributed by atoms with Gasteiger partial charge in [0, 0.05) is 11.6 Å². The molecule has 0 saturated carbocycles. The van der Waals surface area contributed by atoms with Gasteiger partial charge < -0.3 is 30.1 Å². The second kappa shape index (κ2) is 9.13. The number of hydrogen-bond acceptors (Lipinski definition) is 6. The molecule has 1 heterocycles. The molecule has 0 amide bonds. The zero-order valence-corrected chi connectivity index (χ0v) is 16.0. The first-order valence-electron chi connectivity index (χ1n) is 8.91. The van der Waals surface area contributed by atoms with Gasteiger partial charge in [-0.05, 0) is 48.4 Å². The smallest absolute Gasteiger partial charge is 0.349 e. The Morgan fingerprint density at radius 1 is 1.03 bits per heavy atom. The molecule has 9 heteroatoms. The minimum atomic E-state index is -1.62. The van der Waals surface area contributed by atoms with Gasteiger partial charge in [0.2, 0.25) is 12.2 Å². The zero-order valence-electron chi connectivity index (χ0n) is 15.2. The number of hydrogen-bond donors (Lipinski definition) is 4. The maximum absolute atomic E-state index is 11.3. The van der Waals surface area contributed by atoms with Crippen molar-refractivity contribution in [3.05, 3.63) is 58.6 Å². The Hall–Kier alpha value is -2.81. The number of aliphatic hydroxyl groups is 1. The average molecular weight is 422 g/mol. The summed E-state index contributed by atoms with van der Waals surface area (Å²) in [5.41, 5.74) is 1.56. The Morgan fingerprint density at radius 3 is 2.38 bits per heavy atom. The van der Waals surface area contributed by atoms with Gasteiger partial charge in [-0.3, -0.25) is 0 Å². The highest BCUT2D eigenvalue weighted by molar-refractivity contribution is 6.30. The lowest BCUT2D eigenvalue weighted by Gasteiger charge is -2.29. The quantitative estimate of drug-likeness (QED) is 0.476. The van der Waals surface area contributed by atoms with Crippen LogP contribution in [0.5, 0.6) is 11.5 Å². The van der Waals surface area contributed by atoms with Gasteiger partial charge in [-0.25, -0.2) is 9.59 Å². The number of carboxylic acids is 2. The lowest BCUT2D eigenvalue weighted by Crippen LogP contribution is -2.49. The number of nitrogens with one attached hydrogen (secondary N) is 1. The van der Waals surface area contributed by atoms with Gasteiger partial charge in [-0.2, -0.15) is 0 Å². The molecule has 3 rings (SSSR count). The number of carboxylic acid groups (broad SMARTS) is 2. The first kappa shape index (κ1) is 20.9. The highest BCUT2D eigenvalue weighted by Gasteiger charge is 2.42. The van der Waals surface area contributed by atoms with Crippen molar-refractivity contribution in [2.75, 3.05) is 13.1 Å². The third-order valence-electron chi connectivity index (χ3n) is 4.44. The van der Waals surface area contributed by atoms with Gasteiger partial charge in [0.25, 0.3) is 0 Å². The van der Waals surface area contributed by atoms with Crippen molar-refractivity contribution in [1.82, 2.24) is 5.32 Å². The third-order valence-corrected chi connectivity index (χ3v) is 4.67. The van der Waals surface area contributed by atoms with Crippen molar-refractivity contribution in [3.63, 3.8) is 0 Å². The van der Waals surface area contributed by atoms with Crippen LogP contribution < -0.4 is 14.8 Å². The summed E-state index contributed by atoms with van der Waals surface area (Å²) in [7, 11) is 0. The largest absolute Gasteiger partial charge is 0.478 e. The number of fused-ring (bicyclic) bond motifs is 1. The van der Waals surface area contributed by atoms with Gasteiger partial charge in [0.05, 0.1) is 6.10 Å². The van der Waals surface area contributed by atoms with E-state index in [2.05, 4.69) is 5.32 Å². The van der Waals surface area contributed by atoms with Crippen LogP contribution in [-0.2, 0) is 16.0 Å². The molecule has 154 valence electrons. The molecule has 0 fully saturated rings. The number of aliphatic hydroxyl groups excluding tert-OH is 1. The standard InChI is InChI=1S/C20H20ClNO7/c21-13-3-1-2-12(9-13)14(23)10-22-7-6-11-4-5-15-16(8-11)29-18(20(26)27)17(28-15)19(24)25/h1-5,8-9,14,17-18,22-23H,6-7,10H2,(H,24,25)(H,26,27). The number of aliphatic carboxylic acids is 2. The highest BCUT2D eigenvalue weighted by atomic mass is 35.5. The van der Waals surface area contributed by atoms with Crippen molar-refractivity contribution < 1.29 is 34.4 Å². The van der Waals surface area contributed by atoms with Crippen molar-refractivity contribution in [1.29, 1.82) is 0 Å². The summed E-state index contributed by atoms with van der Waals surface area (Å²) >= 11 is 5.92. The minimum absolute atomic E-state index is 0.183. The van der Waals surface area contributed by atoms with Gasteiger partial charge >= 0.3 is 11.9 Å². The van der Waals surface area contributed by atoms with Crippen LogP contribution in [0.4, 0.5) is 0 Å². The molecule has 2 aromatic rings. The molecule has 0 radical (unpaired) electrons. The Bertz CT molecular complexity index is 904. The topological polar surface area (TPSA) is 125 Å². The van der Waals surface area contributed by atoms with Crippen LogP contribution in [-0.4, -0.2) is 52.6 Å². The first-order valence-corrected chi connectivity index (χ1v) is 9.29. The predicted octanol–water partition coefficient (Wildman–Crippen LogP) is 1.88. The van der Waals surface area contributed by atoms with Crippen LogP contribution in [0.1, 0.15) is 17.2 Å². The van der Waals surface area contributed by atoms with Crippen LogP contribution in [0, 0.1) is 0 Å². The van der Waals surface area contributed by atoms with E-state index in [-0.39, 0.29) is 11.5 Å². The number of rotatable bonds is 8. The van der Waals surface area contributed by atoms with Gasteiger partial charge in [-0.1, -0.05) is 29.8 Å². The number of carbonyl (C=O) groups is 2. The second-order valence-corrected chi connectivity index (χ2v) is 7.00. The molecular weight excluding hydrogens is 402 g/mol. The molecule has 0 saturated heterocycles. The van der Waals surface area contributed by atoms with Crippen LogP contribution in [0.2, 0.25) is 5.02 Å². The number of halogens is 1. The fraction of sp³-hybridized carbons (Fsp3) is 0.300. The third kappa shape index (κ3) is 5.17. The van der Waals surface area contributed by atoms with Crippen LogP contribution in [0.25, 0.3) is 0 Å². The molecule has 1 aliphatic heterocycles. The lowest BCUT2D eigenvalue weighted by molar-refractivity contribution is -0.164. The molecule has 0 bridgehead atoms. The van der Waals surface area contributed by atoms with Crippen LogP contribution in [0.3, 0.4) is 0 Å². The normalized spacial score (nSPS) is 18.8. The maximum atomic E-state index is 11.3. The summed E-state index contributed by atoms with van der Waals surface area (Å²) in [5, 5.41) is 32.2. The van der Waals surface area contributed by atoms with E-state index in [1.165, 1.54) is 0 Å². The fourth-order valence-corrected chi connectivity index (χ4v) is 3.16. The van der Waals surface area contributed by atoms with E-state index in [4.69, 9.17) is 26.2 Å². The first-order chi connectivity index (χ1) is 13.8. The van der Waals surface area contributed by atoms with Crippen molar-refractivity contribution in [2.45, 2.75) is 24.7 Å².